The molecule has 3 nitrogen and oxygen atoms in total. The molecule has 126 valence electrons. The van der Waals surface area contributed by atoms with Crippen molar-refractivity contribution in [2.24, 2.45) is 0 Å². The average Bonchev–Trinajstić information content (AvgIpc) is 3.21. The van der Waals surface area contributed by atoms with E-state index in [9.17, 15) is 4.79 Å². The Morgan fingerprint density at radius 2 is 1.12 bits per heavy atom. The standard InChI is InChI=1S/C23H18N2O/c26-17-22-24-16-21(25-22)23(18-10-4-1-5-11-18,19-12-6-2-7-13-19)20-14-8-3-9-15-20/h1-17H,(H,24,25). The van der Waals surface area contributed by atoms with E-state index in [0.717, 1.165) is 28.7 Å². The molecule has 0 unspecified atom stereocenters. The maximum Gasteiger partial charge on any atom is 0.185 e. The first-order chi connectivity index (χ1) is 12.9. The van der Waals surface area contributed by atoms with E-state index >= 15 is 0 Å². The Kier molecular flexibility index (Phi) is 4.20. The van der Waals surface area contributed by atoms with Gasteiger partial charge in [0.25, 0.3) is 0 Å². The number of carbonyl (C=O) groups is 1. The number of rotatable bonds is 5. The molecule has 0 amide bonds. The van der Waals surface area contributed by atoms with Crippen molar-refractivity contribution in [1.82, 2.24) is 9.97 Å². The Morgan fingerprint density at radius 1 is 0.692 bits per heavy atom. The third-order valence-electron chi connectivity index (χ3n) is 4.71. The fourth-order valence-electron chi connectivity index (χ4n) is 3.60. The number of aldehydes is 1. The lowest BCUT2D eigenvalue weighted by Crippen LogP contribution is -2.31. The molecule has 0 bridgehead atoms. The maximum atomic E-state index is 11.3. The van der Waals surface area contributed by atoms with Crippen LogP contribution < -0.4 is 0 Å². The molecule has 0 saturated heterocycles. The van der Waals surface area contributed by atoms with Gasteiger partial charge in [0.1, 0.15) is 0 Å². The Labute approximate surface area is 152 Å². The van der Waals surface area contributed by atoms with Gasteiger partial charge in [0.2, 0.25) is 0 Å². The number of imidazole rings is 1. The second-order valence-electron chi connectivity index (χ2n) is 6.14. The molecule has 0 aliphatic carbocycles. The SMILES string of the molecule is O=Cc1nc(C(c2ccccc2)(c2ccccc2)c2ccccc2)c[nH]1. The highest BCUT2D eigenvalue weighted by molar-refractivity contribution is 5.69. The largest absolute Gasteiger partial charge is 0.342 e. The van der Waals surface area contributed by atoms with Crippen molar-refractivity contribution in [3.8, 4) is 0 Å². The van der Waals surface area contributed by atoms with Gasteiger partial charge in [-0.3, -0.25) is 4.79 Å². The molecule has 1 N–H and O–H groups in total. The third kappa shape index (κ3) is 2.54. The van der Waals surface area contributed by atoms with Crippen LogP contribution in [0.15, 0.2) is 97.2 Å². The minimum absolute atomic E-state index is 0.326. The molecule has 0 aliphatic heterocycles. The Hall–Kier alpha value is -3.46. The first-order valence-electron chi connectivity index (χ1n) is 8.53. The van der Waals surface area contributed by atoms with Gasteiger partial charge in [-0.2, -0.15) is 0 Å². The first kappa shape index (κ1) is 16.0. The van der Waals surface area contributed by atoms with E-state index in [1.807, 2.05) is 60.8 Å². The highest BCUT2D eigenvalue weighted by Gasteiger charge is 2.40. The van der Waals surface area contributed by atoms with Crippen LogP contribution in [0.4, 0.5) is 0 Å². The highest BCUT2D eigenvalue weighted by atomic mass is 16.1. The summed E-state index contributed by atoms with van der Waals surface area (Å²) >= 11 is 0. The maximum absolute atomic E-state index is 11.3. The van der Waals surface area contributed by atoms with Gasteiger partial charge in [0.05, 0.1) is 11.1 Å². The Morgan fingerprint density at radius 3 is 1.46 bits per heavy atom. The number of aromatic amines is 1. The fourth-order valence-corrected chi connectivity index (χ4v) is 3.60. The number of H-pyrrole nitrogens is 1. The van der Waals surface area contributed by atoms with Crippen LogP contribution in [-0.2, 0) is 5.41 Å². The summed E-state index contributed by atoms with van der Waals surface area (Å²) in [5, 5.41) is 0. The molecule has 26 heavy (non-hydrogen) atoms. The van der Waals surface area contributed by atoms with Crippen molar-refractivity contribution in [3.05, 3.63) is 125 Å². The molecule has 4 aromatic rings. The van der Waals surface area contributed by atoms with Crippen molar-refractivity contribution >= 4 is 6.29 Å². The van der Waals surface area contributed by atoms with Gasteiger partial charge in [-0.05, 0) is 16.7 Å². The summed E-state index contributed by atoms with van der Waals surface area (Å²) in [5.41, 5.74) is 3.48. The number of nitrogens with one attached hydrogen (secondary N) is 1. The summed E-state index contributed by atoms with van der Waals surface area (Å²) in [5.74, 6) is 0.326. The molecule has 3 heteroatoms. The molecule has 0 radical (unpaired) electrons. The van der Waals surface area contributed by atoms with Gasteiger partial charge in [-0.15, -0.1) is 0 Å². The van der Waals surface area contributed by atoms with Crippen LogP contribution in [0.25, 0.3) is 0 Å². The summed E-state index contributed by atoms with van der Waals surface area (Å²) in [6.45, 7) is 0. The molecule has 0 fully saturated rings. The van der Waals surface area contributed by atoms with Gasteiger partial charge in [-0.1, -0.05) is 91.0 Å². The smallest absolute Gasteiger partial charge is 0.185 e. The van der Waals surface area contributed by atoms with E-state index in [4.69, 9.17) is 0 Å². The summed E-state index contributed by atoms with van der Waals surface area (Å²) in [6.07, 6.45) is 2.58. The van der Waals surface area contributed by atoms with Crippen LogP contribution in [0.3, 0.4) is 0 Å². The van der Waals surface area contributed by atoms with Crippen LogP contribution in [-0.4, -0.2) is 16.3 Å². The zero-order chi connectivity index (χ0) is 17.8. The summed E-state index contributed by atoms with van der Waals surface area (Å²) in [4.78, 5) is 18.9. The molecular weight excluding hydrogens is 320 g/mol. The van der Waals surface area contributed by atoms with Crippen LogP contribution in [0.2, 0.25) is 0 Å². The van der Waals surface area contributed by atoms with E-state index < -0.39 is 5.41 Å². The van der Waals surface area contributed by atoms with E-state index in [0.29, 0.717) is 5.82 Å². The molecule has 1 aromatic heterocycles. The van der Waals surface area contributed by atoms with Gasteiger partial charge < -0.3 is 4.98 Å². The van der Waals surface area contributed by atoms with Crippen molar-refractivity contribution in [1.29, 1.82) is 0 Å². The number of carbonyl (C=O) groups excluding carboxylic acids is 1. The predicted octanol–water partition coefficient (Wildman–Crippen LogP) is 4.60. The topological polar surface area (TPSA) is 45.8 Å². The van der Waals surface area contributed by atoms with Crippen molar-refractivity contribution in [3.63, 3.8) is 0 Å². The van der Waals surface area contributed by atoms with Crippen LogP contribution in [0, 0.1) is 0 Å². The van der Waals surface area contributed by atoms with Gasteiger partial charge in [-0.25, -0.2) is 4.98 Å². The zero-order valence-corrected chi connectivity index (χ0v) is 14.2. The number of hydrogen-bond acceptors (Lipinski definition) is 2. The second-order valence-corrected chi connectivity index (χ2v) is 6.14. The van der Waals surface area contributed by atoms with E-state index in [2.05, 4.69) is 46.4 Å². The van der Waals surface area contributed by atoms with E-state index in [1.54, 1.807) is 0 Å². The van der Waals surface area contributed by atoms with E-state index in [1.165, 1.54) is 0 Å². The highest BCUT2D eigenvalue weighted by Crippen LogP contribution is 2.44. The lowest BCUT2D eigenvalue weighted by Gasteiger charge is -2.34. The van der Waals surface area contributed by atoms with Crippen LogP contribution in [0.1, 0.15) is 33.0 Å². The quantitative estimate of drug-likeness (QED) is 0.427. The first-order valence-corrected chi connectivity index (χ1v) is 8.53. The summed E-state index contributed by atoms with van der Waals surface area (Å²) in [7, 11) is 0. The molecule has 0 aliphatic rings. The van der Waals surface area contributed by atoms with Crippen molar-refractivity contribution < 1.29 is 4.79 Å². The molecule has 4 rings (SSSR count). The number of hydrogen-bond donors (Lipinski definition) is 1. The molecule has 0 atom stereocenters. The van der Waals surface area contributed by atoms with Crippen LogP contribution in [0.5, 0.6) is 0 Å². The second kappa shape index (κ2) is 6.81. The minimum Gasteiger partial charge on any atom is -0.342 e. The summed E-state index contributed by atoms with van der Waals surface area (Å²) < 4.78 is 0. The molecular formula is C23H18N2O. The zero-order valence-electron chi connectivity index (χ0n) is 14.2. The molecule has 3 aromatic carbocycles. The van der Waals surface area contributed by atoms with Gasteiger partial charge >= 0.3 is 0 Å². The monoisotopic (exact) mass is 338 g/mol. The molecule has 0 saturated carbocycles. The summed E-state index contributed by atoms with van der Waals surface area (Å²) in [6, 6.07) is 30.8. The third-order valence-corrected chi connectivity index (χ3v) is 4.71. The Balaban J connectivity index is 2.12. The lowest BCUT2D eigenvalue weighted by atomic mass is 9.67. The minimum atomic E-state index is -0.610. The average molecular weight is 338 g/mol. The van der Waals surface area contributed by atoms with Gasteiger partial charge in [0.15, 0.2) is 12.1 Å². The van der Waals surface area contributed by atoms with Crippen LogP contribution >= 0.6 is 0 Å². The van der Waals surface area contributed by atoms with Gasteiger partial charge in [0, 0.05) is 6.20 Å². The number of benzene rings is 3. The molecule has 0 spiro atoms. The fraction of sp³-hybridized carbons (Fsp3) is 0.0435. The number of aromatic nitrogens is 2. The molecule has 1 heterocycles. The lowest BCUT2D eigenvalue weighted by molar-refractivity contribution is 0.111. The normalized spacial score (nSPS) is 11.2. The number of nitrogens with zero attached hydrogens (tertiary/aromatic N) is 1. The Bertz CT molecular complexity index is 895. The van der Waals surface area contributed by atoms with E-state index in [-0.39, 0.29) is 0 Å². The van der Waals surface area contributed by atoms with Crippen molar-refractivity contribution in [2.45, 2.75) is 5.41 Å². The predicted molar refractivity (Wildman–Crippen MR) is 102 cm³/mol. The van der Waals surface area contributed by atoms with Crippen molar-refractivity contribution in [2.75, 3.05) is 0 Å².